The summed E-state index contributed by atoms with van der Waals surface area (Å²) in [6, 6.07) is 15.7. The van der Waals surface area contributed by atoms with Crippen LogP contribution in [0.15, 0.2) is 53.4 Å². The molecule has 0 saturated heterocycles. The van der Waals surface area contributed by atoms with E-state index in [9.17, 15) is 4.79 Å². The Morgan fingerprint density at radius 1 is 1.14 bits per heavy atom. The van der Waals surface area contributed by atoms with Crippen LogP contribution in [0.2, 0.25) is 0 Å². The van der Waals surface area contributed by atoms with E-state index in [0.29, 0.717) is 6.42 Å². The number of ether oxygens (including phenoxy) is 1. The Morgan fingerprint density at radius 3 is 2.62 bits per heavy atom. The molecule has 0 aromatic heterocycles. The number of esters is 1. The van der Waals surface area contributed by atoms with Gasteiger partial charge in [0.2, 0.25) is 0 Å². The van der Waals surface area contributed by atoms with Crippen LogP contribution in [0.1, 0.15) is 16.7 Å². The van der Waals surface area contributed by atoms with Gasteiger partial charge in [-0.25, -0.2) is 0 Å². The van der Waals surface area contributed by atoms with Crippen molar-refractivity contribution in [3.63, 3.8) is 0 Å². The summed E-state index contributed by atoms with van der Waals surface area (Å²) in [6.07, 6.45) is 0.296. The maximum atomic E-state index is 11.4. The molecule has 21 heavy (non-hydrogen) atoms. The Balaban J connectivity index is 2.07. The second-order valence-corrected chi connectivity index (χ2v) is 5.66. The highest BCUT2D eigenvalue weighted by molar-refractivity contribution is 7.98. The first-order valence-corrected chi connectivity index (χ1v) is 7.67. The predicted octanol–water partition coefficient (Wildman–Crippen LogP) is 3.19. The Kier molecular flexibility index (Phi) is 5.84. The first-order valence-electron chi connectivity index (χ1n) is 6.69. The topological polar surface area (TPSA) is 46.5 Å². The number of carbonyl (C=O) groups is 1. The van der Waals surface area contributed by atoms with Crippen molar-refractivity contribution < 1.29 is 14.6 Å². The Labute approximate surface area is 129 Å². The number of methoxy groups -OCH3 is 1. The van der Waals surface area contributed by atoms with Crippen LogP contribution in [0.25, 0.3) is 0 Å². The second kappa shape index (κ2) is 7.86. The van der Waals surface area contributed by atoms with E-state index in [1.165, 1.54) is 7.11 Å². The van der Waals surface area contributed by atoms with Crippen LogP contribution in [0.5, 0.6) is 0 Å². The molecular formula is C17H18O3S. The SMILES string of the molecule is COC(=O)Cc1ccccc1CSc1cccc(CO)c1. The van der Waals surface area contributed by atoms with Crippen molar-refractivity contribution >= 4 is 17.7 Å². The Morgan fingerprint density at radius 2 is 1.90 bits per heavy atom. The molecule has 0 heterocycles. The van der Waals surface area contributed by atoms with Crippen molar-refractivity contribution in [1.82, 2.24) is 0 Å². The second-order valence-electron chi connectivity index (χ2n) is 4.62. The molecule has 1 N–H and O–H groups in total. The first kappa shape index (κ1) is 15.6. The summed E-state index contributed by atoms with van der Waals surface area (Å²) in [5.41, 5.74) is 3.03. The Bertz CT molecular complexity index is 610. The van der Waals surface area contributed by atoms with Crippen molar-refractivity contribution in [2.24, 2.45) is 0 Å². The molecule has 2 rings (SSSR count). The van der Waals surface area contributed by atoms with Gasteiger partial charge in [0.25, 0.3) is 0 Å². The molecule has 0 fully saturated rings. The fourth-order valence-electron chi connectivity index (χ4n) is 1.99. The lowest BCUT2D eigenvalue weighted by Gasteiger charge is -2.09. The van der Waals surface area contributed by atoms with E-state index in [-0.39, 0.29) is 12.6 Å². The number of hydrogen-bond donors (Lipinski definition) is 1. The molecule has 0 radical (unpaired) electrons. The van der Waals surface area contributed by atoms with Crippen LogP contribution < -0.4 is 0 Å². The van der Waals surface area contributed by atoms with E-state index in [0.717, 1.165) is 27.3 Å². The molecule has 0 aliphatic rings. The fraction of sp³-hybridized carbons (Fsp3) is 0.235. The zero-order valence-corrected chi connectivity index (χ0v) is 12.7. The van der Waals surface area contributed by atoms with Crippen LogP contribution in [0.3, 0.4) is 0 Å². The molecule has 0 bridgehead atoms. The number of rotatable bonds is 6. The van der Waals surface area contributed by atoms with Gasteiger partial charge in [-0.2, -0.15) is 0 Å². The van der Waals surface area contributed by atoms with Gasteiger partial charge < -0.3 is 9.84 Å². The van der Waals surface area contributed by atoms with Gasteiger partial charge in [-0.15, -0.1) is 11.8 Å². The van der Waals surface area contributed by atoms with Crippen LogP contribution >= 0.6 is 11.8 Å². The lowest BCUT2D eigenvalue weighted by molar-refractivity contribution is -0.139. The lowest BCUT2D eigenvalue weighted by atomic mass is 10.1. The van der Waals surface area contributed by atoms with Gasteiger partial charge in [0.05, 0.1) is 20.1 Å². The fourth-order valence-corrected chi connectivity index (χ4v) is 3.01. The normalized spacial score (nSPS) is 10.4. The van der Waals surface area contributed by atoms with Gasteiger partial charge in [-0.3, -0.25) is 4.79 Å². The summed E-state index contributed by atoms with van der Waals surface area (Å²) in [5.74, 6) is 0.553. The molecule has 110 valence electrons. The summed E-state index contributed by atoms with van der Waals surface area (Å²) in [4.78, 5) is 12.5. The summed E-state index contributed by atoms with van der Waals surface area (Å²) < 4.78 is 4.73. The molecule has 4 heteroatoms. The molecule has 0 aliphatic heterocycles. The van der Waals surface area contributed by atoms with Crippen molar-refractivity contribution in [2.45, 2.75) is 23.7 Å². The molecule has 2 aromatic rings. The highest BCUT2D eigenvalue weighted by Crippen LogP contribution is 2.25. The predicted molar refractivity (Wildman–Crippen MR) is 84.1 cm³/mol. The third-order valence-corrected chi connectivity index (χ3v) is 4.20. The number of aliphatic hydroxyl groups is 1. The van der Waals surface area contributed by atoms with Gasteiger partial charge in [0.1, 0.15) is 0 Å². The average molecular weight is 302 g/mol. The third kappa shape index (κ3) is 4.62. The first-order chi connectivity index (χ1) is 10.2. The minimum Gasteiger partial charge on any atom is -0.469 e. The molecule has 0 saturated carbocycles. The maximum Gasteiger partial charge on any atom is 0.309 e. The lowest BCUT2D eigenvalue weighted by Crippen LogP contribution is -2.06. The van der Waals surface area contributed by atoms with Crippen molar-refractivity contribution in [1.29, 1.82) is 0 Å². The molecule has 0 atom stereocenters. The van der Waals surface area contributed by atoms with Gasteiger partial charge in [0.15, 0.2) is 0 Å². The van der Waals surface area contributed by atoms with Crippen molar-refractivity contribution in [2.75, 3.05) is 7.11 Å². The highest BCUT2D eigenvalue weighted by atomic mass is 32.2. The summed E-state index contributed by atoms with van der Waals surface area (Å²) in [7, 11) is 1.40. The summed E-state index contributed by atoms with van der Waals surface area (Å²) in [5, 5.41) is 9.16. The van der Waals surface area contributed by atoms with Crippen LogP contribution in [-0.4, -0.2) is 18.2 Å². The van der Waals surface area contributed by atoms with Crippen molar-refractivity contribution in [3.05, 3.63) is 65.2 Å². The van der Waals surface area contributed by atoms with E-state index in [4.69, 9.17) is 9.84 Å². The largest absolute Gasteiger partial charge is 0.469 e. The zero-order valence-electron chi connectivity index (χ0n) is 11.9. The maximum absolute atomic E-state index is 11.4. The average Bonchev–Trinajstić information content (AvgIpc) is 2.54. The van der Waals surface area contributed by atoms with Gasteiger partial charge in [-0.05, 0) is 28.8 Å². The molecule has 0 amide bonds. The minimum atomic E-state index is -0.227. The number of hydrogen-bond acceptors (Lipinski definition) is 4. The van der Waals surface area contributed by atoms with Crippen molar-refractivity contribution in [3.8, 4) is 0 Å². The van der Waals surface area contributed by atoms with Gasteiger partial charge >= 0.3 is 5.97 Å². The highest BCUT2D eigenvalue weighted by Gasteiger charge is 2.08. The number of thioether (sulfide) groups is 1. The number of carbonyl (C=O) groups excluding carboxylic acids is 1. The molecule has 0 aliphatic carbocycles. The van der Waals surface area contributed by atoms with Gasteiger partial charge in [-0.1, -0.05) is 36.4 Å². The van der Waals surface area contributed by atoms with E-state index >= 15 is 0 Å². The Hall–Kier alpha value is -1.78. The summed E-state index contributed by atoms with van der Waals surface area (Å²) >= 11 is 1.69. The molecular weight excluding hydrogens is 284 g/mol. The number of aliphatic hydroxyl groups excluding tert-OH is 1. The van der Waals surface area contributed by atoms with E-state index in [2.05, 4.69) is 0 Å². The zero-order chi connectivity index (χ0) is 15.1. The molecule has 2 aromatic carbocycles. The van der Waals surface area contributed by atoms with E-state index in [1.54, 1.807) is 11.8 Å². The molecule has 0 unspecified atom stereocenters. The third-order valence-electron chi connectivity index (χ3n) is 3.16. The van der Waals surface area contributed by atoms with Crippen LogP contribution in [0, 0.1) is 0 Å². The molecule has 0 spiro atoms. The monoisotopic (exact) mass is 302 g/mol. The van der Waals surface area contributed by atoms with Crippen LogP contribution in [-0.2, 0) is 28.3 Å². The van der Waals surface area contributed by atoms with Crippen LogP contribution in [0.4, 0.5) is 0 Å². The van der Waals surface area contributed by atoms with E-state index in [1.807, 2.05) is 48.5 Å². The summed E-state index contributed by atoms with van der Waals surface area (Å²) in [6.45, 7) is 0.0489. The minimum absolute atomic E-state index is 0.0489. The standard InChI is InChI=1S/C17H18O3S/c1-20-17(19)10-14-6-2-3-7-15(14)12-21-16-8-4-5-13(9-16)11-18/h2-9,18H,10-12H2,1H3. The van der Waals surface area contributed by atoms with E-state index < -0.39 is 0 Å². The smallest absolute Gasteiger partial charge is 0.309 e. The molecule has 3 nitrogen and oxygen atoms in total. The number of benzene rings is 2. The quantitative estimate of drug-likeness (QED) is 0.657. The van der Waals surface area contributed by atoms with Gasteiger partial charge in [0, 0.05) is 10.6 Å².